The number of aliphatic hydroxyl groups excluding tert-OH is 1. The molecular formula is C12H21N3O. The van der Waals surface area contributed by atoms with Gasteiger partial charge < -0.3 is 10.4 Å². The van der Waals surface area contributed by atoms with Gasteiger partial charge in [-0.15, -0.1) is 0 Å². The molecule has 2 unspecified atom stereocenters. The van der Waals surface area contributed by atoms with Gasteiger partial charge in [0.1, 0.15) is 0 Å². The van der Waals surface area contributed by atoms with Crippen LogP contribution in [0.4, 0.5) is 0 Å². The number of hydrogen-bond donors (Lipinski definition) is 2. The summed E-state index contributed by atoms with van der Waals surface area (Å²) in [7, 11) is 1.96. The molecule has 1 aromatic heterocycles. The van der Waals surface area contributed by atoms with Gasteiger partial charge in [-0.25, -0.2) is 0 Å². The zero-order chi connectivity index (χ0) is 11.8. The van der Waals surface area contributed by atoms with E-state index in [0.717, 1.165) is 19.4 Å². The molecule has 0 spiro atoms. The van der Waals surface area contributed by atoms with Crippen molar-refractivity contribution in [2.24, 2.45) is 12.5 Å². The van der Waals surface area contributed by atoms with Crippen LogP contribution in [-0.2, 0) is 13.5 Å². The van der Waals surface area contributed by atoms with Crippen LogP contribution in [0.15, 0.2) is 12.3 Å². The average Bonchev–Trinajstić information content (AvgIpc) is 2.63. The Morgan fingerprint density at radius 2 is 2.38 bits per heavy atom. The lowest BCUT2D eigenvalue weighted by atomic mass is 9.64. The van der Waals surface area contributed by atoms with Gasteiger partial charge in [0, 0.05) is 43.4 Å². The summed E-state index contributed by atoms with van der Waals surface area (Å²) in [6.45, 7) is 5.17. The number of hydrogen-bond acceptors (Lipinski definition) is 3. The molecule has 0 aliphatic heterocycles. The molecule has 2 rings (SSSR count). The van der Waals surface area contributed by atoms with E-state index in [-0.39, 0.29) is 11.5 Å². The molecule has 4 heteroatoms. The number of aliphatic hydroxyl groups is 1. The first-order valence-corrected chi connectivity index (χ1v) is 5.90. The number of nitrogens with zero attached hydrogens (tertiary/aromatic N) is 2. The first-order chi connectivity index (χ1) is 7.51. The zero-order valence-electron chi connectivity index (χ0n) is 10.3. The van der Waals surface area contributed by atoms with Crippen molar-refractivity contribution in [1.82, 2.24) is 15.1 Å². The third kappa shape index (κ3) is 1.99. The quantitative estimate of drug-likeness (QED) is 0.790. The maximum absolute atomic E-state index is 9.62. The minimum absolute atomic E-state index is 0.0203. The summed E-state index contributed by atoms with van der Waals surface area (Å²) in [6.07, 6.45) is 3.53. The number of nitrogens with one attached hydrogen (secondary N) is 1. The van der Waals surface area contributed by atoms with E-state index in [9.17, 15) is 5.11 Å². The van der Waals surface area contributed by atoms with Crippen LogP contribution >= 0.6 is 0 Å². The van der Waals surface area contributed by atoms with E-state index in [2.05, 4.69) is 24.3 Å². The van der Waals surface area contributed by atoms with Crippen LogP contribution < -0.4 is 5.32 Å². The van der Waals surface area contributed by atoms with Gasteiger partial charge in [0.05, 0.1) is 6.10 Å². The standard InChI is InChI=1S/C12H21N3O/c1-12(2)10(8-11(12)16)13-6-4-9-5-7-14-15(9)3/h5,7,10-11,13,16H,4,6,8H2,1-3H3. The second-order valence-electron chi connectivity index (χ2n) is 5.28. The lowest BCUT2D eigenvalue weighted by Crippen LogP contribution is -2.60. The summed E-state index contributed by atoms with van der Waals surface area (Å²) in [4.78, 5) is 0. The Morgan fingerprint density at radius 3 is 2.88 bits per heavy atom. The van der Waals surface area contributed by atoms with Gasteiger partial charge in [-0.2, -0.15) is 5.10 Å². The Balaban J connectivity index is 1.76. The molecule has 1 aliphatic carbocycles. The van der Waals surface area contributed by atoms with E-state index >= 15 is 0 Å². The molecular weight excluding hydrogens is 202 g/mol. The van der Waals surface area contributed by atoms with E-state index in [4.69, 9.17) is 0 Å². The molecule has 0 amide bonds. The molecule has 1 heterocycles. The van der Waals surface area contributed by atoms with Crippen LogP contribution in [0, 0.1) is 5.41 Å². The highest BCUT2D eigenvalue weighted by molar-refractivity contribution is 5.04. The van der Waals surface area contributed by atoms with E-state index in [1.54, 1.807) is 0 Å². The second-order valence-corrected chi connectivity index (χ2v) is 5.28. The Kier molecular flexibility index (Phi) is 3.04. The van der Waals surface area contributed by atoms with Crippen LogP contribution in [0.1, 0.15) is 26.0 Å². The maximum atomic E-state index is 9.62. The minimum Gasteiger partial charge on any atom is -0.392 e. The van der Waals surface area contributed by atoms with Crippen molar-refractivity contribution >= 4 is 0 Å². The zero-order valence-corrected chi connectivity index (χ0v) is 10.3. The number of aryl methyl sites for hydroxylation is 1. The summed E-state index contributed by atoms with van der Waals surface area (Å²) in [5.74, 6) is 0. The molecule has 1 aromatic rings. The Labute approximate surface area is 96.7 Å². The molecule has 0 saturated heterocycles. The molecule has 1 aliphatic rings. The van der Waals surface area contributed by atoms with Crippen LogP contribution in [0.25, 0.3) is 0 Å². The summed E-state index contributed by atoms with van der Waals surface area (Å²) in [5, 5.41) is 17.3. The average molecular weight is 223 g/mol. The van der Waals surface area contributed by atoms with Gasteiger partial charge in [-0.1, -0.05) is 13.8 Å². The van der Waals surface area contributed by atoms with Gasteiger partial charge in [-0.05, 0) is 12.5 Å². The van der Waals surface area contributed by atoms with Crippen molar-refractivity contribution in [3.63, 3.8) is 0 Å². The van der Waals surface area contributed by atoms with Gasteiger partial charge in [-0.3, -0.25) is 4.68 Å². The van der Waals surface area contributed by atoms with Crippen LogP contribution in [0.5, 0.6) is 0 Å². The van der Waals surface area contributed by atoms with Gasteiger partial charge >= 0.3 is 0 Å². The fraction of sp³-hybridized carbons (Fsp3) is 0.750. The molecule has 0 aromatic carbocycles. The van der Waals surface area contributed by atoms with Crippen LogP contribution in [-0.4, -0.2) is 33.6 Å². The Bertz CT molecular complexity index is 359. The first kappa shape index (κ1) is 11.6. The molecule has 1 saturated carbocycles. The number of rotatable bonds is 4. The van der Waals surface area contributed by atoms with E-state index in [1.165, 1.54) is 5.69 Å². The SMILES string of the molecule is Cn1nccc1CCNC1CC(O)C1(C)C. The molecule has 2 N–H and O–H groups in total. The monoisotopic (exact) mass is 223 g/mol. The molecule has 4 nitrogen and oxygen atoms in total. The van der Waals surface area contributed by atoms with Crippen molar-refractivity contribution in [3.05, 3.63) is 18.0 Å². The summed E-state index contributed by atoms with van der Waals surface area (Å²) < 4.78 is 1.91. The van der Waals surface area contributed by atoms with Crippen molar-refractivity contribution in [1.29, 1.82) is 0 Å². The highest BCUT2D eigenvalue weighted by Gasteiger charge is 2.46. The summed E-state index contributed by atoms with van der Waals surface area (Å²) in [6, 6.07) is 2.48. The Hall–Kier alpha value is -0.870. The predicted molar refractivity (Wildman–Crippen MR) is 63.1 cm³/mol. The van der Waals surface area contributed by atoms with Crippen molar-refractivity contribution in [2.75, 3.05) is 6.54 Å². The smallest absolute Gasteiger partial charge is 0.0621 e. The lowest BCUT2D eigenvalue weighted by molar-refractivity contribution is -0.0721. The number of aromatic nitrogens is 2. The van der Waals surface area contributed by atoms with E-state index in [0.29, 0.717) is 6.04 Å². The van der Waals surface area contributed by atoms with E-state index < -0.39 is 0 Å². The largest absolute Gasteiger partial charge is 0.392 e. The Morgan fingerprint density at radius 1 is 1.62 bits per heavy atom. The lowest BCUT2D eigenvalue weighted by Gasteiger charge is -2.49. The predicted octanol–water partition coefficient (Wildman–Crippen LogP) is 0.712. The third-order valence-electron chi connectivity index (χ3n) is 3.91. The van der Waals surface area contributed by atoms with Crippen LogP contribution in [0.3, 0.4) is 0 Å². The normalized spacial score (nSPS) is 27.8. The minimum atomic E-state index is -0.151. The summed E-state index contributed by atoms with van der Waals surface area (Å²) in [5.41, 5.74) is 1.26. The van der Waals surface area contributed by atoms with Gasteiger partial charge in [0.15, 0.2) is 0 Å². The fourth-order valence-electron chi connectivity index (χ4n) is 2.27. The van der Waals surface area contributed by atoms with E-state index in [1.807, 2.05) is 24.0 Å². The summed E-state index contributed by atoms with van der Waals surface area (Å²) >= 11 is 0. The fourth-order valence-corrected chi connectivity index (χ4v) is 2.27. The topological polar surface area (TPSA) is 50.1 Å². The third-order valence-corrected chi connectivity index (χ3v) is 3.91. The second kappa shape index (κ2) is 4.18. The highest BCUT2D eigenvalue weighted by atomic mass is 16.3. The van der Waals surface area contributed by atoms with Crippen molar-refractivity contribution < 1.29 is 5.11 Å². The molecule has 16 heavy (non-hydrogen) atoms. The molecule has 1 fully saturated rings. The molecule has 0 bridgehead atoms. The first-order valence-electron chi connectivity index (χ1n) is 5.90. The van der Waals surface area contributed by atoms with Crippen LogP contribution in [0.2, 0.25) is 0 Å². The molecule has 90 valence electrons. The molecule has 0 radical (unpaired) electrons. The maximum Gasteiger partial charge on any atom is 0.0621 e. The van der Waals surface area contributed by atoms with Gasteiger partial charge in [0.2, 0.25) is 0 Å². The highest BCUT2D eigenvalue weighted by Crippen LogP contribution is 2.40. The van der Waals surface area contributed by atoms with Crippen molar-refractivity contribution in [3.8, 4) is 0 Å². The molecule has 2 atom stereocenters. The van der Waals surface area contributed by atoms with Gasteiger partial charge in [0.25, 0.3) is 0 Å². The van der Waals surface area contributed by atoms with Crippen molar-refractivity contribution in [2.45, 2.75) is 38.8 Å².